The van der Waals surface area contributed by atoms with Crippen LogP contribution < -0.4 is 11.2 Å². The van der Waals surface area contributed by atoms with Crippen LogP contribution in [0.5, 0.6) is 0 Å². The van der Waals surface area contributed by atoms with Crippen molar-refractivity contribution in [2.24, 2.45) is 7.05 Å². The molecule has 0 saturated heterocycles. The first-order chi connectivity index (χ1) is 11.4. The summed E-state index contributed by atoms with van der Waals surface area (Å²) in [6.45, 7) is 6.74. The molecule has 1 unspecified atom stereocenters. The van der Waals surface area contributed by atoms with Crippen molar-refractivity contribution < 1.29 is 4.74 Å². The Labute approximate surface area is 138 Å². The molecule has 0 saturated carbocycles. The Morgan fingerprint density at radius 1 is 1.33 bits per heavy atom. The number of hydrogen-bond acceptors (Lipinski definition) is 4. The number of imidazole rings is 2. The molecule has 1 atom stereocenters. The van der Waals surface area contributed by atoms with Gasteiger partial charge < -0.3 is 9.30 Å². The lowest BCUT2D eigenvalue weighted by molar-refractivity contribution is 0.184. The van der Waals surface area contributed by atoms with Gasteiger partial charge in [0.2, 0.25) is 5.78 Å². The minimum Gasteiger partial charge on any atom is -0.383 e. The molecule has 24 heavy (non-hydrogen) atoms. The number of hydrogen-bond donors (Lipinski definition) is 0. The van der Waals surface area contributed by atoms with Crippen molar-refractivity contribution in [3.05, 3.63) is 32.7 Å². The third-order valence-corrected chi connectivity index (χ3v) is 4.62. The van der Waals surface area contributed by atoms with E-state index in [0.717, 1.165) is 12.1 Å². The van der Waals surface area contributed by atoms with Gasteiger partial charge in [0.15, 0.2) is 11.2 Å². The Hall–Kier alpha value is -2.35. The van der Waals surface area contributed by atoms with Crippen molar-refractivity contribution in [3.63, 3.8) is 0 Å². The summed E-state index contributed by atoms with van der Waals surface area (Å²) in [6, 6.07) is 0.257. The first-order valence-electron chi connectivity index (χ1n) is 8.10. The lowest BCUT2D eigenvalue weighted by Gasteiger charge is -2.12. The maximum Gasteiger partial charge on any atom is 0.332 e. The van der Waals surface area contributed by atoms with Crippen LogP contribution in [0.2, 0.25) is 0 Å². The molecule has 0 aromatic carbocycles. The van der Waals surface area contributed by atoms with Crippen LogP contribution >= 0.6 is 0 Å². The molecule has 130 valence electrons. The van der Waals surface area contributed by atoms with E-state index in [1.807, 2.05) is 13.1 Å². The Kier molecular flexibility index (Phi) is 4.08. The first kappa shape index (κ1) is 16.5. The Bertz CT molecular complexity index is 1020. The van der Waals surface area contributed by atoms with Crippen LogP contribution in [0, 0.1) is 6.92 Å². The molecule has 0 aliphatic carbocycles. The second kappa shape index (κ2) is 5.94. The summed E-state index contributed by atoms with van der Waals surface area (Å²) < 4.78 is 11.5. The highest BCUT2D eigenvalue weighted by Gasteiger charge is 2.21. The smallest absolute Gasteiger partial charge is 0.332 e. The molecule has 0 spiro atoms. The number of ether oxygens (including phenoxy) is 1. The zero-order chi connectivity index (χ0) is 17.6. The minimum atomic E-state index is -0.378. The zero-order valence-corrected chi connectivity index (χ0v) is 14.7. The lowest BCUT2D eigenvalue weighted by atomic mass is 10.2. The molecule has 0 aliphatic rings. The topological polar surface area (TPSA) is 75.5 Å². The third kappa shape index (κ3) is 2.21. The van der Waals surface area contributed by atoms with Gasteiger partial charge in [0.25, 0.3) is 5.56 Å². The molecule has 0 bridgehead atoms. The molecule has 3 rings (SSSR count). The summed E-state index contributed by atoms with van der Waals surface area (Å²) in [6.07, 6.45) is 2.86. The van der Waals surface area contributed by atoms with Crippen LogP contribution in [-0.4, -0.2) is 36.8 Å². The van der Waals surface area contributed by atoms with Crippen LogP contribution in [0.15, 0.2) is 15.8 Å². The Morgan fingerprint density at radius 2 is 2.04 bits per heavy atom. The summed E-state index contributed by atoms with van der Waals surface area (Å²) in [4.78, 5) is 29.9. The number of rotatable bonds is 5. The molecule has 3 aromatic rings. The van der Waals surface area contributed by atoms with Crippen LogP contribution in [0.4, 0.5) is 0 Å². The van der Waals surface area contributed by atoms with Crippen molar-refractivity contribution in [3.8, 4) is 0 Å². The van der Waals surface area contributed by atoms with Gasteiger partial charge in [0.05, 0.1) is 13.2 Å². The van der Waals surface area contributed by atoms with Gasteiger partial charge in [-0.15, -0.1) is 0 Å². The predicted molar refractivity (Wildman–Crippen MR) is 91.8 cm³/mol. The average Bonchev–Trinajstić information content (AvgIpc) is 3.06. The molecule has 0 amide bonds. The maximum absolute atomic E-state index is 12.9. The van der Waals surface area contributed by atoms with Gasteiger partial charge in [-0.05, 0) is 20.3 Å². The Balaban J connectivity index is 2.42. The van der Waals surface area contributed by atoms with Gasteiger partial charge in [-0.25, -0.2) is 4.79 Å². The fourth-order valence-electron chi connectivity index (χ4n) is 3.13. The minimum absolute atomic E-state index is 0.218. The van der Waals surface area contributed by atoms with E-state index in [1.165, 1.54) is 9.13 Å². The van der Waals surface area contributed by atoms with Gasteiger partial charge in [0, 0.05) is 32.1 Å². The standard InChI is InChI=1S/C16H23N5O3/c1-6-10(2)21-11(3)9-20-12-13(17-15(20)21)18(4)16(23)19(14(12)22)7-8-24-5/h9-10H,6-8H2,1-5H3. The monoisotopic (exact) mass is 333 g/mol. The maximum atomic E-state index is 12.9. The molecule has 8 nitrogen and oxygen atoms in total. The van der Waals surface area contributed by atoms with Crippen molar-refractivity contribution in [1.29, 1.82) is 0 Å². The van der Waals surface area contributed by atoms with Gasteiger partial charge in [-0.2, -0.15) is 4.98 Å². The normalized spacial score (nSPS) is 13.2. The van der Waals surface area contributed by atoms with Crippen LogP contribution in [0.3, 0.4) is 0 Å². The van der Waals surface area contributed by atoms with E-state index in [0.29, 0.717) is 23.5 Å². The van der Waals surface area contributed by atoms with Crippen molar-refractivity contribution >= 4 is 16.9 Å². The van der Waals surface area contributed by atoms with Crippen LogP contribution in [0.1, 0.15) is 32.0 Å². The fraction of sp³-hybridized carbons (Fsp3) is 0.562. The van der Waals surface area contributed by atoms with Crippen molar-refractivity contribution in [1.82, 2.24) is 23.1 Å². The zero-order valence-electron chi connectivity index (χ0n) is 14.7. The van der Waals surface area contributed by atoms with Crippen molar-refractivity contribution in [2.45, 2.75) is 39.8 Å². The van der Waals surface area contributed by atoms with Gasteiger partial charge >= 0.3 is 5.69 Å². The van der Waals surface area contributed by atoms with E-state index in [2.05, 4.69) is 23.4 Å². The van der Waals surface area contributed by atoms with E-state index in [1.54, 1.807) is 18.6 Å². The number of fused-ring (bicyclic) bond motifs is 3. The number of nitrogens with zero attached hydrogens (tertiary/aromatic N) is 5. The van der Waals surface area contributed by atoms with Gasteiger partial charge in [-0.1, -0.05) is 6.92 Å². The summed E-state index contributed by atoms with van der Waals surface area (Å²) in [7, 11) is 3.18. The van der Waals surface area contributed by atoms with Crippen LogP contribution in [-0.2, 0) is 18.3 Å². The molecule has 0 radical (unpaired) electrons. The quantitative estimate of drug-likeness (QED) is 0.700. The third-order valence-electron chi connectivity index (χ3n) is 4.62. The molecule has 0 N–H and O–H groups in total. The summed E-state index contributed by atoms with van der Waals surface area (Å²) >= 11 is 0. The predicted octanol–water partition coefficient (Wildman–Crippen LogP) is 1.08. The summed E-state index contributed by atoms with van der Waals surface area (Å²) in [5, 5.41) is 0. The van der Waals surface area contributed by atoms with Crippen LogP contribution in [0.25, 0.3) is 16.9 Å². The Morgan fingerprint density at radius 3 is 2.67 bits per heavy atom. The number of methoxy groups -OCH3 is 1. The van der Waals surface area contributed by atoms with Crippen molar-refractivity contribution in [2.75, 3.05) is 13.7 Å². The largest absolute Gasteiger partial charge is 0.383 e. The first-order valence-corrected chi connectivity index (χ1v) is 8.10. The summed E-state index contributed by atoms with van der Waals surface area (Å²) in [5.41, 5.74) is 1.15. The molecule has 3 heterocycles. The highest BCUT2D eigenvalue weighted by atomic mass is 16.5. The number of aryl methyl sites for hydroxylation is 2. The fourth-order valence-corrected chi connectivity index (χ4v) is 3.13. The van der Waals surface area contributed by atoms with E-state index < -0.39 is 0 Å². The molecule has 8 heteroatoms. The number of aromatic nitrogens is 5. The molecular weight excluding hydrogens is 310 g/mol. The molecule has 0 aliphatic heterocycles. The van der Waals surface area contributed by atoms with E-state index in [-0.39, 0.29) is 23.8 Å². The molecular formula is C16H23N5O3. The molecule has 3 aromatic heterocycles. The van der Waals surface area contributed by atoms with E-state index in [4.69, 9.17) is 4.74 Å². The molecule has 0 fully saturated rings. The lowest BCUT2D eigenvalue weighted by Crippen LogP contribution is -2.40. The highest BCUT2D eigenvalue weighted by molar-refractivity contribution is 5.75. The van der Waals surface area contributed by atoms with Gasteiger partial charge in [0.1, 0.15) is 0 Å². The SMILES string of the molecule is CCC(C)n1c(C)cn2c3c(=O)n(CCOC)c(=O)n(C)c3nc12. The second-order valence-corrected chi connectivity index (χ2v) is 6.14. The van der Waals surface area contributed by atoms with E-state index >= 15 is 0 Å². The van der Waals surface area contributed by atoms with Gasteiger partial charge in [-0.3, -0.25) is 18.3 Å². The van der Waals surface area contributed by atoms with E-state index in [9.17, 15) is 9.59 Å². The highest BCUT2D eigenvalue weighted by Crippen LogP contribution is 2.21. The average molecular weight is 333 g/mol. The second-order valence-electron chi connectivity index (χ2n) is 6.14. The summed E-state index contributed by atoms with van der Waals surface area (Å²) in [5.74, 6) is 0.688.